The van der Waals surface area contributed by atoms with Crippen molar-refractivity contribution in [2.24, 2.45) is 0 Å². The van der Waals surface area contributed by atoms with Gasteiger partial charge in [-0.25, -0.2) is 0 Å². The molecular formula is C10H9F3N2. The van der Waals surface area contributed by atoms with Crippen molar-refractivity contribution in [3.8, 4) is 6.07 Å². The molecule has 0 amide bonds. The highest BCUT2D eigenvalue weighted by Gasteiger charge is 2.30. The van der Waals surface area contributed by atoms with Crippen LogP contribution in [0, 0.1) is 11.3 Å². The molecule has 1 unspecified atom stereocenters. The summed E-state index contributed by atoms with van der Waals surface area (Å²) in [7, 11) is 0. The second-order valence-electron chi connectivity index (χ2n) is 3.07. The molecule has 0 bridgehead atoms. The van der Waals surface area contributed by atoms with E-state index in [4.69, 9.17) is 5.26 Å². The summed E-state index contributed by atoms with van der Waals surface area (Å²) in [4.78, 5) is 0. The lowest BCUT2D eigenvalue weighted by Gasteiger charge is -2.11. The van der Waals surface area contributed by atoms with Crippen molar-refractivity contribution in [1.82, 2.24) is 0 Å². The van der Waals surface area contributed by atoms with Crippen LogP contribution in [0.2, 0.25) is 0 Å². The summed E-state index contributed by atoms with van der Waals surface area (Å²) in [5.41, 5.74) is -0.434. The van der Waals surface area contributed by atoms with Crippen LogP contribution in [0.3, 0.4) is 0 Å². The second kappa shape index (κ2) is 4.22. The molecule has 0 saturated carbocycles. The summed E-state index contributed by atoms with van der Waals surface area (Å²) < 4.78 is 36.9. The van der Waals surface area contributed by atoms with Gasteiger partial charge < -0.3 is 5.32 Å². The van der Waals surface area contributed by atoms with Crippen molar-refractivity contribution < 1.29 is 13.2 Å². The Hall–Kier alpha value is -1.70. The van der Waals surface area contributed by atoms with Crippen molar-refractivity contribution in [1.29, 1.82) is 5.26 Å². The van der Waals surface area contributed by atoms with Crippen LogP contribution in [0.5, 0.6) is 0 Å². The van der Waals surface area contributed by atoms with Gasteiger partial charge in [0.05, 0.1) is 11.6 Å². The minimum atomic E-state index is -4.35. The maximum atomic E-state index is 12.3. The molecule has 5 heteroatoms. The minimum Gasteiger partial charge on any atom is -0.370 e. The van der Waals surface area contributed by atoms with E-state index >= 15 is 0 Å². The fraction of sp³-hybridized carbons (Fsp3) is 0.300. The molecule has 15 heavy (non-hydrogen) atoms. The van der Waals surface area contributed by atoms with Gasteiger partial charge in [0.15, 0.2) is 0 Å². The Morgan fingerprint density at radius 1 is 1.40 bits per heavy atom. The highest BCUT2D eigenvalue weighted by molar-refractivity contribution is 5.48. The van der Waals surface area contributed by atoms with E-state index in [0.717, 1.165) is 12.1 Å². The first-order chi connectivity index (χ1) is 6.93. The summed E-state index contributed by atoms with van der Waals surface area (Å²) in [5, 5.41) is 11.1. The summed E-state index contributed by atoms with van der Waals surface area (Å²) in [6, 6.07) is 6.12. The largest absolute Gasteiger partial charge is 0.416 e. The lowest BCUT2D eigenvalue weighted by Crippen LogP contribution is -2.13. The molecular weight excluding hydrogens is 205 g/mol. The predicted molar refractivity (Wildman–Crippen MR) is 50.1 cm³/mol. The van der Waals surface area contributed by atoms with Crippen LogP contribution in [0.4, 0.5) is 18.9 Å². The van der Waals surface area contributed by atoms with Crippen LogP contribution in [0.25, 0.3) is 0 Å². The van der Waals surface area contributed by atoms with Crippen molar-refractivity contribution >= 4 is 5.69 Å². The Kier molecular flexibility index (Phi) is 3.20. The van der Waals surface area contributed by atoms with Gasteiger partial charge in [-0.1, -0.05) is 6.07 Å². The molecule has 2 nitrogen and oxygen atoms in total. The fourth-order valence-electron chi connectivity index (χ4n) is 1.07. The van der Waals surface area contributed by atoms with Crippen LogP contribution >= 0.6 is 0 Å². The van der Waals surface area contributed by atoms with Gasteiger partial charge in [-0.3, -0.25) is 0 Å². The molecule has 1 aromatic rings. The number of halogens is 3. The third-order valence-corrected chi connectivity index (χ3v) is 1.77. The van der Waals surface area contributed by atoms with Crippen LogP contribution in [0.15, 0.2) is 24.3 Å². The van der Waals surface area contributed by atoms with Crippen molar-refractivity contribution in [3.05, 3.63) is 29.8 Å². The highest BCUT2D eigenvalue weighted by atomic mass is 19.4. The zero-order chi connectivity index (χ0) is 11.5. The van der Waals surface area contributed by atoms with E-state index in [2.05, 4.69) is 5.32 Å². The van der Waals surface area contributed by atoms with Crippen LogP contribution < -0.4 is 5.32 Å². The number of nitrogens with one attached hydrogen (secondary N) is 1. The first-order valence-corrected chi connectivity index (χ1v) is 4.27. The van der Waals surface area contributed by atoms with Gasteiger partial charge in [-0.05, 0) is 25.1 Å². The first-order valence-electron chi connectivity index (χ1n) is 4.27. The van der Waals surface area contributed by atoms with Gasteiger partial charge in [0.2, 0.25) is 0 Å². The lowest BCUT2D eigenvalue weighted by molar-refractivity contribution is -0.137. The monoisotopic (exact) mass is 214 g/mol. The molecule has 0 heterocycles. The summed E-state index contributed by atoms with van der Waals surface area (Å²) in [6.07, 6.45) is -4.35. The molecule has 0 aromatic heterocycles. The summed E-state index contributed by atoms with van der Waals surface area (Å²) in [5.74, 6) is 0. The number of benzene rings is 1. The van der Waals surface area contributed by atoms with Crippen molar-refractivity contribution in [2.75, 3.05) is 5.32 Å². The number of nitriles is 1. The normalized spacial score (nSPS) is 13.0. The number of nitrogens with zero attached hydrogens (tertiary/aromatic N) is 1. The van der Waals surface area contributed by atoms with Crippen LogP contribution in [0.1, 0.15) is 12.5 Å². The average Bonchev–Trinajstić information content (AvgIpc) is 2.17. The SMILES string of the molecule is CC(C#N)Nc1cccc(C(F)(F)F)c1. The fourth-order valence-corrected chi connectivity index (χ4v) is 1.07. The zero-order valence-electron chi connectivity index (χ0n) is 7.97. The molecule has 1 aromatic carbocycles. The average molecular weight is 214 g/mol. The van der Waals surface area contributed by atoms with Crippen molar-refractivity contribution in [2.45, 2.75) is 19.1 Å². The Morgan fingerprint density at radius 2 is 2.07 bits per heavy atom. The topological polar surface area (TPSA) is 35.8 Å². The Balaban J connectivity index is 2.90. The highest BCUT2D eigenvalue weighted by Crippen LogP contribution is 2.30. The lowest BCUT2D eigenvalue weighted by atomic mass is 10.2. The number of alkyl halides is 3. The Morgan fingerprint density at radius 3 is 2.60 bits per heavy atom. The Labute approximate surface area is 85.3 Å². The minimum absolute atomic E-state index is 0.291. The zero-order valence-corrected chi connectivity index (χ0v) is 7.97. The van der Waals surface area contributed by atoms with Gasteiger partial charge in [-0.15, -0.1) is 0 Å². The molecule has 0 fully saturated rings. The molecule has 1 N–H and O–H groups in total. The molecule has 0 aliphatic carbocycles. The smallest absolute Gasteiger partial charge is 0.370 e. The van der Waals surface area contributed by atoms with E-state index in [0.29, 0.717) is 5.69 Å². The maximum Gasteiger partial charge on any atom is 0.416 e. The third-order valence-electron chi connectivity index (χ3n) is 1.77. The van der Waals surface area contributed by atoms with Gasteiger partial charge in [-0.2, -0.15) is 18.4 Å². The van der Waals surface area contributed by atoms with E-state index in [1.165, 1.54) is 12.1 Å². The van der Waals surface area contributed by atoms with E-state index in [1.807, 2.05) is 6.07 Å². The molecule has 0 aliphatic rings. The summed E-state index contributed by atoms with van der Waals surface area (Å²) in [6.45, 7) is 1.57. The summed E-state index contributed by atoms with van der Waals surface area (Å²) >= 11 is 0. The second-order valence-corrected chi connectivity index (χ2v) is 3.07. The molecule has 80 valence electrons. The number of rotatable bonds is 2. The van der Waals surface area contributed by atoms with Crippen LogP contribution in [-0.2, 0) is 6.18 Å². The maximum absolute atomic E-state index is 12.3. The quantitative estimate of drug-likeness (QED) is 0.821. The van der Waals surface area contributed by atoms with E-state index in [1.54, 1.807) is 6.92 Å². The molecule has 1 atom stereocenters. The Bertz CT molecular complexity index is 379. The standard InChI is InChI=1S/C10H9F3N2/c1-7(6-14)15-9-4-2-3-8(5-9)10(11,12)13/h2-5,7,15H,1H3. The van der Waals surface area contributed by atoms with E-state index in [9.17, 15) is 13.2 Å². The number of hydrogen-bond acceptors (Lipinski definition) is 2. The van der Waals surface area contributed by atoms with Gasteiger partial charge in [0.25, 0.3) is 0 Å². The molecule has 0 saturated heterocycles. The van der Waals surface area contributed by atoms with E-state index < -0.39 is 17.8 Å². The predicted octanol–water partition coefficient (Wildman–Crippen LogP) is 3.03. The van der Waals surface area contributed by atoms with Gasteiger partial charge in [0.1, 0.15) is 6.04 Å². The van der Waals surface area contributed by atoms with Gasteiger partial charge >= 0.3 is 6.18 Å². The van der Waals surface area contributed by atoms with Gasteiger partial charge in [0, 0.05) is 5.69 Å². The van der Waals surface area contributed by atoms with Crippen molar-refractivity contribution in [3.63, 3.8) is 0 Å². The third kappa shape index (κ3) is 3.17. The first kappa shape index (κ1) is 11.4. The molecule has 0 radical (unpaired) electrons. The number of anilines is 1. The van der Waals surface area contributed by atoms with E-state index in [-0.39, 0.29) is 0 Å². The molecule has 1 rings (SSSR count). The number of hydrogen-bond donors (Lipinski definition) is 1. The van der Waals surface area contributed by atoms with Crippen LogP contribution in [-0.4, -0.2) is 6.04 Å². The molecule has 0 spiro atoms. The molecule has 0 aliphatic heterocycles.